The number of nitrogens with zero attached hydrogens (tertiary/aromatic N) is 2. The summed E-state index contributed by atoms with van der Waals surface area (Å²) in [4.78, 5) is 28.5. The lowest BCUT2D eigenvalue weighted by Crippen LogP contribution is -2.46. The number of carbonyl (C=O) groups excluding carboxylic acids is 2. The van der Waals surface area contributed by atoms with Gasteiger partial charge in [-0.3, -0.25) is 14.5 Å². The number of amides is 2. The molecule has 4 nitrogen and oxygen atoms in total. The highest BCUT2D eigenvalue weighted by atomic mass is 19.1. The molecular formula is C23H23F3N2O2. The molecule has 158 valence electrons. The Labute approximate surface area is 173 Å². The molecule has 2 aliphatic heterocycles. The van der Waals surface area contributed by atoms with Crippen LogP contribution in [0.5, 0.6) is 0 Å². The Morgan fingerprint density at radius 3 is 2.13 bits per heavy atom. The highest BCUT2D eigenvalue weighted by Crippen LogP contribution is 2.30. The summed E-state index contributed by atoms with van der Waals surface area (Å²) in [5.41, 5.74) is 1.05. The molecule has 0 radical (unpaired) electrons. The third kappa shape index (κ3) is 4.41. The van der Waals surface area contributed by atoms with E-state index in [9.17, 15) is 22.8 Å². The minimum absolute atomic E-state index is 0.128. The number of anilines is 1. The molecule has 2 aromatic carbocycles. The molecule has 7 heteroatoms. The lowest BCUT2D eigenvalue weighted by molar-refractivity contribution is -0.123. The van der Waals surface area contributed by atoms with Crippen LogP contribution in [0.25, 0.3) is 0 Å². The fourth-order valence-electron chi connectivity index (χ4n) is 4.44. The minimum Gasteiger partial charge on any atom is -0.292 e. The van der Waals surface area contributed by atoms with Crippen LogP contribution in [-0.4, -0.2) is 35.8 Å². The number of hydrogen-bond acceptors (Lipinski definition) is 3. The molecule has 0 unspecified atom stereocenters. The number of halogens is 3. The summed E-state index contributed by atoms with van der Waals surface area (Å²) in [5.74, 6) is -1.66. The number of rotatable bonds is 5. The van der Waals surface area contributed by atoms with Crippen LogP contribution >= 0.6 is 0 Å². The predicted octanol–water partition coefficient (Wildman–Crippen LogP) is 4.08. The van der Waals surface area contributed by atoms with Gasteiger partial charge in [0.05, 0.1) is 18.2 Å². The average Bonchev–Trinajstić information content (AvgIpc) is 3.01. The van der Waals surface area contributed by atoms with Crippen molar-refractivity contribution in [1.82, 2.24) is 4.90 Å². The van der Waals surface area contributed by atoms with Crippen molar-refractivity contribution >= 4 is 17.5 Å². The molecule has 2 aliphatic rings. The maximum absolute atomic E-state index is 13.3. The molecule has 4 rings (SSSR count). The Morgan fingerprint density at radius 2 is 1.50 bits per heavy atom. The van der Waals surface area contributed by atoms with E-state index in [-0.39, 0.29) is 18.2 Å². The van der Waals surface area contributed by atoms with Gasteiger partial charge in [-0.05, 0) is 86.7 Å². The van der Waals surface area contributed by atoms with Crippen LogP contribution in [0.1, 0.15) is 31.2 Å². The van der Waals surface area contributed by atoms with E-state index in [1.54, 1.807) is 0 Å². The first-order valence-electron chi connectivity index (χ1n) is 10.2. The van der Waals surface area contributed by atoms with Crippen LogP contribution in [-0.2, 0) is 16.0 Å². The highest BCUT2D eigenvalue weighted by molar-refractivity contribution is 6.22. The van der Waals surface area contributed by atoms with Crippen LogP contribution in [0.15, 0.2) is 42.5 Å². The molecule has 2 saturated heterocycles. The predicted molar refractivity (Wildman–Crippen MR) is 106 cm³/mol. The summed E-state index contributed by atoms with van der Waals surface area (Å²) < 4.78 is 39.8. The van der Waals surface area contributed by atoms with E-state index in [1.165, 1.54) is 36.4 Å². The van der Waals surface area contributed by atoms with Gasteiger partial charge in [0.1, 0.15) is 17.5 Å². The third-order valence-electron chi connectivity index (χ3n) is 6.06. The maximum atomic E-state index is 13.3. The fourth-order valence-corrected chi connectivity index (χ4v) is 4.44. The van der Waals surface area contributed by atoms with Crippen molar-refractivity contribution in [2.75, 3.05) is 18.0 Å². The quantitative estimate of drug-likeness (QED) is 0.690. The van der Waals surface area contributed by atoms with Crippen LogP contribution in [0.3, 0.4) is 0 Å². The summed E-state index contributed by atoms with van der Waals surface area (Å²) >= 11 is 0. The Balaban J connectivity index is 1.32. The highest BCUT2D eigenvalue weighted by Gasteiger charge is 2.43. The second-order valence-electron chi connectivity index (χ2n) is 8.06. The maximum Gasteiger partial charge on any atom is 0.251 e. The van der Waals surface area contributed by atoms with Gasteiger partial charge < -0.3 is 0 Å². The Bertz CT molecular complexity index is 920. The number of benzene rings is 2. The van der Waals surface area contributed by atoms with Crippen molar-refractivity contribution in [3.05, 3.63) is 65.5 Å². The fraction of sp³-hybridized carbons (Fsp3) is 0.391. The second kappa shape index (κ2) is 8.60. The second-order valence-corrected chi connectivity index (χ2v) is 8.06. The monoisotopic (exact) mass is 416 g/mol. The van der Waals surface area contributed by atoms with Crippen molar-refractivity contribution in [3.8, 4) is 0 Å². The number of likely N-dealkylation sites (tertiary alicyclic amines) is 1. The SMILES string of the molecule is O=C1C[C@H](N2CCC(CCc3cc(F)cc(F)c3)CC2)C(=O)N1c1ccc(F)cc1. The summed E-state index contributed by atoms with van der Waals surface area (Å²) in [6.45, 7) is 1.40. The number of aryl methyl sites for hydroxylation is 1. The van der Waals surface area contributed by atoms with Crippen molar-refractivity contribution < 1.29 is 22.8 Å². The van der Waals surface area contributed by atoms with Gasteiger partial charge in [0.25, 0.3) is 5.91 Å². The molecule has 0 aliphatic carbocycles. The van der Waals surface area contributed by atoms with E-state index < -0.39 is 23.5 Å². The normalized spacial score (nSPS) is 20.9. The zero-order chi connectivity index (χ0) is 21.3. The molecule has 1 atom stereocenters. The standard InChI is InChI=1S/C23H23F3N2O2/c24-17-3-5-20(6-4-17)28-22(29)14-21(23(28)30)27-9-7-15(8-10-27)1-2-16-11-18(25)13-19(26)12-16/h3-6,11-13,15,21H,1-2,7-10,14H2/t21-/m0/s1. The summed E-state index contributed by atoms with van der Waals surface area (Å²) in [6, 6.07) is 8.47. The molecule has 0 spiro atoms. The summed E-state index contributed by atoms with van der Waals surface area (Å²) in [7, 11) is 0. The van der Waals surface area contributed by atoms with Gasteiger partial charge in [0, 0.05) is 6.07 Å². The summed E-state index contributed by atoms with van der Waals surface area (Å²) in [5, 5.41) is 0. The molecule has 2 fully saturated rings. The molecule has 2 aromatic rings. The largest absolute Gasteiger partial charge is 0.292 e. The number of piperidine rings is 1. The first-order valence-corrected chi connectivity index (χ1v) is 10.2. The number of imide groups is 1. The molecule has 30 heavy (non-hydrogen) atoms. The van der Waals surface area contributed by atoms with Crippen LogP contribution < -0.4 is 4.90 Å². The zero-order valence-corrected chi connectivity index (χ0v) is 16.5. The smallest absolute Gasteiger partial charge is 0.251 e. The van der Waals surface area contributed by atoms with Crippen molar-refractivity contribution in [2.24, 2.45) is 5.92 Å². The lowest BCUT2D eigenvalue weighted by Gasteiger charge is -2.34. The van der Waals surface area contributed by atoms with Crippen LogP contribution in [0.4, 0.5) is 18.9 Å². The van der Waals surface area contributed by atoms with E-state index >= 15 is 0 Å². The molecular weight excluding hydrogens is 393 g/mol. The van der Waals surface area contributed by atoms with Gasteiger partial charge in [-0.15, -0.1) is 0 Å². The lowest BCUT2D eigenvalue weighted by atomic mass is 9.90. The van der Waals surface area contributed by atoms with E-state index in [0.717, 1.165) is 30.2 Å². The Kier molecular flexibility index (Phi) is 5.90. The van der Waals surface area contributed by atoms with Gasteiger partial charge in [0.15, 0.2) is 0 Å². The Morgan fingerprint density at radius 1 is 0.867 bits per heavy atom. The van der Waals surface area contributed by atoms with Gasteiger partial charge in [-0.2, -0.15) is 0 Å². The molecule has 2 amide bonds. The third-order valence-corrected chi connectivity index (χ3v) is 6.06. The van der Waals surface area contributed by atoms with E-state index in [4.69, 9.17) is 0 Å². The van der Waals surface area contributed by atoms with Crippen LogP contribution in [0, 0.1) is 23.4 Å². The average molecular weight is 416 g/mol. The van der Waals surface area contributed by atoms with Crippen molar-refractivity contribution in [1.29, 1.82) is 0 Å². The molecule has 0 aromatic heterocycles. The van der Waals surface area contributed by atoms with Crippen LogP contribution in [0.2, 0.25) is 0 Å². The summed E-state index contributed by atoms with van der Waals surface area (Å²) in [6.07, 6.45) is 3.30. The molecule has 0 bridgehead atoms. The van der Waals surface area contributed by atoms with Crippen molar-refractivity contribution in [3.63, 3.8) is 0 Å². The van der Waals surface area contributed by atoms with Gasteiger partial charge >= 0.3 is 0 Å². The van der Waals surface area contributed by atoms with Gasteiger partial charge in [-0.1, -0.05) is 0 Å². The van der Waals surface area contributed by atoms with E-state index in [2.05, 4.69) is 0 Å². The molecule has 2 heterocycles. The number of hydrogen-bond donors (Lipinski definition) is 0. The minimum atomic E-state index is -0.560. The Hall–Kier alpha value is -2.67. The molecule has 0 N–H and O–H groups in total. The van der Waals surface area contributed by atoms with Gasteiger partial charge in [0.2, 0.25) is 5.91 Å². The number of carbonyl (C=O) groups is 2. The topological polar surface area (TPSA) is 40.6 Å². The van der Waals surface area contributed by atoms with Gasteiger partial charge in [-0.25, -0.2) is 18.1 Å². The zero-order valence-electron chi connectivity index (χ0n) is 16.5. The molecule has 0 saturated carbocycles. The first-order chi connectivity index (χ1) is 14.4. The first kappa shape index (κ1) is 20.6. The van der Waals surface area contributed by atoms with Crippen molar-refractivity contribution in [2.45, 2.75) is 38.1 Å². The van der Waals surface area contributed by atoms with E-state index in [0.29, 0.717) is 36.7 Å². The van der Waals surface area contributed by atoms with E-state index in [1.807, 2.05) is 4.90 Å².